The minimum Gasteiger partial charge on any atom is -0.396 e. The second-order valence-electron chi connectivity index (χ2n) is 4.44. The number of carbonyl (C=O) groups excluding carboxylic acids is 2. The molecule has 0 aliphatic heterocycles. The van der Waals surface area contributed by atoms with Gasteiger partial charge in [-0.05, 0) is 43.3 Å². The lowest BCUT2D eigenvalue weighted by molar-refractivity contribution is 0.101. The highest BCUT2D eigenvalue weighted by Gasteiger charge is 2.11. The van der Waals surface area contributed by atoms with E-state index in [1.54, 1.807) is 24.3 Å². The van der Waals surface area contributed by atoms with E-state index in [4.69, 9.17) is 28.9 Å². The standard InChI is InChI=1S/C15H12Cl2N2O2/c1-8(20)9-2-4-11(5-3-9)19-15(21)10-6-12(16)14(18)13(17)7-10/h2-7H,18H2,1H3,(H,19,21). The number of nitrogens with two attached hydrogens (primary N) is 1. The van der Waals surface area contributed by atoms with E-state index in [0.717, 1.165) is 0 Å². The zero-order chi connectivity index (χ0) is 15.6. The third kappa shape index (κ3) is 3.54. The summed E-state index contributed by atoms with van der Waals surface area (Å²) < 4.78 is 0. The highest BCUT2D eigenvalue weighted by atomic mass is 35.5. The summed E-state index contributed by atoms with van der Waals surface area (Å²) in [4.78, 5) is 23.3. The molecular formula is C15H12Cl2N2O2. The van der Waals surface area contributed by atoms with Crippen molar-refractivity contribution < 1.29 is 9.59 Å². The van der Waals surface area contributed by atoms with E-state index in [1.807, 2.05) is 0 Å². The zero-order valence-corrected chi connectivity index (χ0v) is 12.6. The Morgan fingerprint density at radius 2 is 1.52 bits per heavy atom. The number of anilines is 2. The van der Waals surface area contributed by atoms with Crippen molar-refractivity contribution in [2.45, 2.75) is 6.92 Å². The molecule has 0 aliphatic rings. The normalized spacial score (nSPS) is 10.2. The summed E-state index contributed by atoms with van der Waals surface area (Å²) >= 11 is 11.8. The molecule has 3 N–H and O–H groups in total. The minimum atomic E-state index is -0.366. The zero-order valence-electron chi connectivity index (χ0n) is 11.1. The van der Waals surface area contributed by atoms with Gasteiger partial charge in [0, 0.05) is 16.8 Å². The van der Waals surface area contributed by atoms with Gasteiger partial charge in [0.2, 0.25) is 0 Å². The van der Waals surface area contributed by atoms with Crippen molar-refractivity contribution in [1.29, 1.82) is 0 Å². The topological polar surface area (TPSA) is 72.2 Å². The lowest BCUT2D eigenvalue weighted by atomic mass is 10.1. The van der Waals surface area contributed by atoms with Crippen LogP contribution in [0.5, 0.6) is 0 Å². The first-order valence-electron chi connectivity index (χ1n) is 6.05. The number of Topliss-reactive ketones (excluding diaryl/α,β-unsaturated/α-hetero) is 1. The van der Waals surface area contributed by atoms with E-state index in [9.17, 15) is 9.59 Å². The molecule has 2 aromatic carbocycles. The van der Waals surface area contributed by atoms with Gasteiger partial charge in [0.25, 0.3) is 5.91 Å². The number of amides is 1. The van der Waals surface area contributed by atoms with Gasteiger partial charge in [-0.1, -0.05) is 23.2 Å². The third-order valence-electron chi connectivity index (χ3n) is 2.89. The van der Waals surface area contributed by atoms with Crippen LogP contribution in [0.3, 0.4) is 0 Å². The second kappa shape index (κ2) is 6.16. The maximum absolute atomic E-state index is 12.1. The Hall–Kier alpha value is -2.04. The van der Waals surface area contributed by atoms with Crippen molar-refractivity contribution in [2.75, 3.05) is 11.1 Å². The molecule has 0 radical (unpaired) electrons. The van der Waals surface area contributed by atoms with Crippen molar-refractivity contribution in [3.63, 3.8) is 0 Å². The number of hydrogen-bond donors (Lipinski definition) is 2. The van der Waals surface area contributed by atoms with Crippen LogP contribution >= 0.6 is 23.2 Å². The van der Waals surface area contributed by atoms with Crippen LogP contribution in [0.1, 0.15) is 27.6 Å². The van der Waals surface area contributed by atoms with Crippen LogP contribution in [0, 0.1) is 0 Å². The van der Waals surface area contributed by atoms with Gasteiger partial charge in [0.05, 0.1) is 15.7 Å². The van der Waals surface area contributed by atoms with E-state index in [-0.39, 0.29) is 27.4 Å². The molecule has 0 aromatic heterocycles. The number of halogens is 2. The molecule has 0 saturated carbocycles. The largest absolute Gasteiger partial charge is 0.396 e. The summed E-state index contributed by atoms with van der Waals surface area (Å²) in [6, 6.07) is 9.47. The smallest absolute Gasteiger partial charge is 0.255 e. The molecule has 2 aromatic rings. The summed E-state index contributed by atoms with van der Waals surface area (Å²) in [7, 11) is 0. The van der Waals surface area contributed by atoms with Gasteiger partial charge >= 0.3 is 0 Å². The number of carbonyl (C=O) groups is 2. The van der Waals surface area contributed by atoms with Crippen molar-refractivity contribution in [3.05, 3.63) is 57.6 Å². The van der Waals surface area contributed by atoms with Gasteiger partial charge in [-0.3, -0.25) is 9.59 Å². The first-order chi connectivity index (χ1) is 9.88. The second-order valence-corrected chi connectivity index (χ2v) is 5.26. The van der Waals surface area contributed by atoms with E-state index < -0.39 is 0 Å². The summed E-state index contributed by atoms with van der Waals surface area (Å²) in [6.45, 7) is 1.48. The van der Waals surface area contributed by atoms with Crippen LogP contribution in [0.25, 0.3) is 0 Å². The first-order valence-corrected chi connectivity index (χ1v) is 6.81. The van der Waals surface area contributed by atoms with E-state index in [1.165, 1.54) is 19.1 Å². The Morgan fingerprint density at radius 1 is 1.00 bits per heavy atom. The Kier molecular flexibility index (Phi) is 4.50. The number of benzene rings is 2. The van der Waals surface area contributed by atoms with Crippen molar-refractivity contribution >= 4 is 46.3 Å². The van der Waals surface area contributed by atoms with E-state index in [0.29, 0.717) is 16.8 Å². The Labute approximate surface area is 131 Å². The molecular weight excluding hydrogens is 311 g/mol. The predicted octanol–water partition coefficient (Wildman–Crippen LogP) is 4.03. The Morgan fingerprint density at radius 3 is 2.00 bits per heavy atom. The van der Waals surface area contributed by atoms with Crippen LogP contribution in [-0.2, 0) is 0 Å². The SMILES string of the molecule is CC(=O)c1ccc(NC(=O)c2cc(Cl)c(N)c(Cl)c2)cc1. The van der Waals surface area contributed by atoms with Crippen LogP contribution in [-0.4, -0.2) is 11.7 Å². The highest BCUT2D eigenvalue weighted by molar-refractivity contribution is 6.39. The fourth-order valence-corrected chi connectivity index (χ4v) is 2.19. The fourth-order valence-electron chi connectivity index (χ4n) is 1.71. The van der Waals surface area contributed by atoms with Gasteiger partial charge in [-0.2, -0.15) is 0 Å². The molecule has 0 saturated heterocycles. The van der Waals surface area contributed by atoms with Gasteiger partial charge in [-0.25, -0.2) is 0 Å². The van der Waals surface area contributed by atoms with Crippen molar-refractivity contribution in [2.24, 2.45) is 0 Å². The van der Waals surface area contributed by atoms with Crippen molar-refractivity contribution in [3.8, 4) is 0 Å². The maximum atomic E-state index is 12.1. The molecule has 0 aliphatic carbocycles. The molecule has 0 heterocycles. The molecule has 108 valence electrons. The predicted molar refractivity (Wildman–Crippen MR) is 85.3 cm³/mol. The first kappa shape index (κ1) is 15.4. The van der Waals surface area contributed by atoms with Gasteiger partial charge in [-0.15, -0.1) is 0 Å². The van der Waals surface area contributed by atoms with Crippen LogP contribution in [0.2, 0.25) is 10.0 Å². The van der Waals surface area contributed by atoms with Crippen LogP contribution in [0.4, 0.5) is 11.4 Å². The molecule has 0 unspecified atom stereocenters. The number of ketones is 1. The molecule has 0 spiro atoms. The molecule has 0 atom stereocenters. The Bertz CT molecular complexity index is 689. The van der Waals surface area contributed by atoms with E-state index in [2.05, 4.69) is 5.32 Å². The number of nitrogens with one attached hydrogen (secondary N) is 1. The van der Waals surface area contributed by atoms with Gasteiger partial charge in [0.1, 0.15) is 0 Å². The molecule has 4 nitrogen and oxygen atoms in total. The maximum Gasteiger partial charge on any atom is 0.255 e. The number of nitrogen functional groups attached to an aromatic ring is 1. The molecule has 0 bridgehead atoms. The number of hydrogen-bond acceptors (Lipinski definition) is 3. The lowest BCUT2D eigenvalue weighted by Crippen LogP contribution is -2.12. The van der Waals surface area contributed by atoms with E-state index >= 15 is 0 Å². The summed E-state index contributed by atoms with van der Waals surface area (Å²) in [5, 5.41) is 3.13. The molecule has 0 fully saturated rings. The average Bonchev–Trinajstić information content (AvgIpc) is 2.44. The quantitative estimate of drug-likeness (QED) is 0.661. The minimum absolute atomic E-state index is 0.0371. The average molecular weight is 323 g/mol. The van der Waals surface area contributed by atoms with Crippen molar-refractivity contribution in [1.82, 2.24) is 0 Å². The molecule has 2 rings (SSSR count). The van der Waals surface area contributed by atoms with Gasteiger partial charge < -0.3 is 11.1 Å². The monoisotopic (exact) mass is 322 g/mol. The molecule has 21 heavy (non-hydrogen) atoms. The Balaban J connectivity index is 2.20. The molecule has 1 amide bonds. The van der Waals surface area contributed by atoms with Gasteiger partial charge in [0.15, 0.2) is 5.78 Å². The lowest BCUT2D eigenvalue weighted by Gasteiger charge is -2.08. The summed E-state index contributed by atoms with van der Waals surface area (Å²) in [6.07, 6.45) is 0. The highest BCUT2D eigenvalue weighted by Crippen LogP contribution is 2.29. The number of rotatable bonds is 3. The summed E-state index contributed by atoms with van der Waals surface area (Å²) in [5.41, 5.74) is 7.30. The summed E-state index contributed by atoms with van der Waals surface area (Å²) in [5.74, 6) is -0.403. The third-order valence-corrected chi connectivity index (χ3v) is 3.52. The van der Waals surface area contributed by atoms with Crippen LogP contribution in [0.15, 0.2) is 36.4 Å². The molecule has 6 heteroatoms. The fraction of sp³-hybridized carbons (Fsp3) is 0.0667. The van der Waals surface area contributed by atoms with Crippen LogP contribution < -0.4 is 11.1 Å².